The Morgan fingerprint density at radius 2 is 1.00 bits per heavy atom. The van der Waals surface area contributed by atoms with Gasteiger partial charge in [0.15, 0.2) is 0 Å². The van der Waals surface area contributed by atoms with E-state index >= 15 is 0 Å². The molecule has 0 aliphatic carbocycles. The highest BCUT2D eigenvalue weighted by molar-refractivity contribution is 7.79. The Bertz CT molecular complexity index is 208. The molecule has 0 amide bonds. The predicted octanol–water partition coefficient (Wildman–Crippen LogP) is 0.279. The summed E-state index contributed by atoms with van der Waals surface area (Å²) in [6, 6.07) is 0. The summed E-state index contributed by atoms with van der Waals surface area (Å²) in [6.07, 6.45) is 10.8. The maximum Gasteiger partial charge on any atom is 0.0739 e. The van der Waals surface area contributed by atoms with Crippen molar-refractivity contribution >= 4 is 10.4 Å². The number of hydrogen-bond acceptors (Lipinski definition) is 4. The zero-order valence-corrected chi connectivity index (χ0v) is 13.3. The molecule has 0 aromatic carbocycles. The molecule has 0 radical (unpaired) electrons. The first-order valence-corrected chi connectivity index (χ1v) is 8.41. The Hall–Kier alpha value is -0.210. The van der Waals surface area contributed by atoms with Crippen molar-refractivity contribution in [2.24, 2.45) is 0 Å². The van der Waals surface area contributed by atoms with Gasteiger partial charge >= 0.3 is 0 Å². The van der Waals surface area contributed by atoms with Gasteiger partial charge in [0.05, 0.1) is 13.1 Å². The molecule has 0 saturated heterocycles. The molecule has 0 aliphatic heterocycles. The summed E-state index contributed by atoms with van der Waals surface area (Å²) in [5, 5.41) is 0. The number of unbranched alkanes of at least 4 members (excludes halogenated alkanes) is 6. The third-order valence-electron chi connectivity index (χ3n) is 2.21. The van der Waals surface area contributed by atoms with Gasteiger partial charge in [-0.15, -0.1) is 0 Å². The van der Waals surface area contributed by atoms with Gasteiger partial charge in [0.1, 0.15) is 0 Å². The second-order valence-corrected chi connectivity index (χ2v) is 5.05. The van der Waals surface area contributed by atoms with Crippen LogP contribution >= 0.6 is 0 Å². The predicted molar refractivity (Wildman–Crippen MR) is 74.3 cm³/mol. The van der Waals surface area contributed by atoms with Crippen LogP contribution in [0.5, 0.6) is 0 Å². The first-order valence-electron chi connectivity index (χ1n) is 7.08. The molecule has 0 unspecified atom stereocenters. The van der Waals surface area contributed by atoms with Gasteiger partial charge in [-0.1, -0.05) is 39.5 Å². The van der Waals surface area contributed by atoms with E-state index in [0.717, 1.165) is 13.1 Å². The Morgan fingerprint density at radius 1 is 0.737 bits per heavy atom. The van der Waals surface area contributed by atoms with E-state index in [1.54, 1.807) is 0 Å². The number of hydrogen-bond donors (Lipinski definition) is 2. The van der Waals surface area contributed by atoms with Crippen LogP contribution < -0.4 is 11.5 Å². The van der Waals surface area contributed by atoms with Crippen LogP contribution in [0.3, 0.4) is 0 Å². The van der Waals surface area contributed by atoms with Gasteiger partial charge < -0.3 is 20.6 Å². The molecule has 0 spiro atoms. The lowest BCUT2D eigenvalue weighted by atomic mass is 10.2. The molecule has 0 aromatic rings. The summed E-state index contributed by atoms with van der Waals surface area (Å²) < 4.78 is 34.1. The molecule has 0 atom stereocenters. The molecular formula is C12H32N2O4S. The Morgan fingerprint density at radius 3 is 1.16 bits per heavy atom. The second kappa shape index (κ2) is 20.1. The highest BCUT2D eigenvalue weighted by atomic mass is 32.3. The summed E-state index contributed by atoms with van der Waals surface area (Å²) in [5.41, 5.74) is 7.51. The van der Waals surface area contributed by atoms with E-state index in [1.165, 1.54) is 51.4 Å². The highest BCUT2D eigenvalue weighted by Gasteiger charge is 1.82. The second-order valence-electron chi connectivity index (χ2n) is 4.24. The molecular weight excluding hydrogens is 268 g/mol. The Balaban J connectivity index is -0.000000206. The fraction of sp³-hybridized carbons (Fsp3) is 1.00. The van der Waals surface area contributed by atoms with Gasteiger partial charge in [-0.05, 0) is 25.7 Å². The third-order valence-corrected chi connectivity index (χ3v) is 2.21. The lowest BCUT2D eigenvalue weighted by molar-refractivity contribution is -0.368. The van der Waals surface area contributed by atoms with Crippen molar-refractivity contribution in [3.63, 3.8) is 0 Å². The summed E-state index contributed by atoms with van der Waals surface area (Å²) >= 11 is 0. The zero-order chi connectivity index (χ0) is 15.6. The molecule has 0 bridgehead atoms. The average molecular weight is 300 g/mol. The maximum atomic E-state index is 8.52. The molecule has 0 heterocycles. The Kier molecular flexibility index (Phi) is 25.3. The molecule has 120 valence electrons. The van der Waals surface area contributed by atoms with Crippen LogP contribution in [-0.4, -0.2) is 30.6 Å². The van der Waals surface area contributed by atoms with Crippen LogP contribution in [0.4, 0.5) is 0 Å². The maximum absolute atomic E-state index is 8.52. The first kappa shape index (κ1) is 23.9. The SMILES string of the molecule is CCCCCC[NH3+].CCCCCC[NH3+].O=S(=O)([O-])[O-]. The standard InChI is InChI=1S/2C6H15N.H2O4S/c2*1-2-3-4-5-6-7;1-5(2,3)4/h2*2-7H2,1H3;(H2,1,2,3,4). The van der Waals surface area contributed by atoms with Crippen molar-refractivity contribution in [3.05, 3.63) is 0 Å². The van der Waals surface area contributed by atoms with Gasteiger partial charge in [-0.2, -0.15) is 0 Å². The number of quaternary nitrogens is 2. The highest BCUT2D eigenvalue weighted by Crippen LogP contribution is 1.95. The smallest absolute Gasteiger partial charge is 0.0739 e. The summed E-state index contributed by atoms with van der Waals surface area (Å²) in [7, 11) is -5.17. The Labute approximate surface area is 118 Å². The molecule has 0 aliphatic rings. The van der Waals surface area contributed by atoms with E-state index in [0.29, 0.717) is 0 Å². The van der Waals surface area contributed by atoms with E-state index < -0.39 is 10.4 Å². The summed E-state index contributed by atoms with van der Waals surface area (Å²) in [6.45, 7) is 6.67. The van der Waals surface area contributed by atoms with Crippen LogP contribution in [0.15, 0.2) is 0 Å². The van der Waals surface area contributed by atoms with Crippen LogP contribution in [0.25, 0.3) is 0 Å². The summed E-state index contributed by atoms with van der Waals surface area (Å²) in [4.78, 5) is 0. The van der Waals surface area contributed by atoms with Gasteiger partial charge in [-0.3, -0.25) is 8.42 Å². The summed E-state index contributed by atoms with van der Waals surface area (Å²) in [5.74, 6) is 0. The fourth-order valence-electron chi connectivity index (χ4n) is 1.21. The molecule has 6 N–H and O–H groups in total. The van der Waals surface area contributed by atoms with E-state index in [1.807, 2.05) is 0 Å². The molecule has 6 nitrogen and oxygen atoms in total. The van der Waals surface area contributed by atoms with Gasteiger partial charge in [0.25, 0.3) is 0 Å². The van der Waals surface area contributed by atoms with Crippen LogP contribution in [0.2, 0.25) is 0 Å². The van der Waals surface area contributed by atoms with Crippen molar-refractivity contribution in [3.8, 4) is 0 Å². The van der Waals surface area contributed by atoms with Crippen LogP contribution in [0.1, 0.15) is 65.2 Å². The zero-order valence-electron chi connectivity index (χ0n) is 12.5. The topological polar surface area (TPSA) is 136 Å². The van der Waals surface area contributed by atoms with Gasteiger partial charge in [0, 0.05) is 10.4 Å². The van der Waals surface area contributed by atoms with Gasteiger partial charge in [-0.25, -0.2) is 0 Å². The van der Waals surface area contributed by atoms with Crippen molar-refractivity contribution in [1.29, 1.82) is 0 Å². The minimum atomic E-state index is -5.17. The van der Waals surface area contributed by atoms with E-state index in [9.17, 15) is 0 Å². The van der Waals surface area contributed by atoms with E-state index in [4.69, 9.17) is 17.5 Å². The molecule has 0 fully saturated rings. The molecule has 7 heteroatoms. The fourth-order valence-corrected chi connectivity index (χ4v) is 1.21. The third kappa shape index (κ3) is 73.1. The molecule has 0 rings (SSSR count). The lowest BCUT2D eigenvalue weighted by Gasteiger charge is -2.06. The quantitative estimate of drug-likeness (QED) is 0.378. The van der Waals surface area contributed by atoms with E-state index in [-0.39, 0.29) is 0 Å². The van der Waals surface area contributed by atoms with Crippen molar-refractivity contribution in [2.75, 3.05) is 13.1 Å². The largest absolute Gasteiger partial charge is 0.759 e. The van der Waals surface area contributed by atoms with Gasteiger partial charge in [0.2, 0.25) is 0 Å². The van der Waals surface area contributed by atoms with Crippen molar-refractivity contribution in [2.45, 2.75) is 65.2 Å². The van der Waals surface area contributed by atoms with Crippen LogP contribution in [-0.2, 0) is 10.4 Å². The lowest BCUT2D eigenvalue weighted by Crippen LogP contribution is -2.50. The number of rotatable bonds is 8. The monoisotopic (exact) mass is 300 g/mol. The minimum Gasteiger partial charge on any atom is -0.759 e. The molecule has 0 aromatic heterocycles. The first-order chi connectivity index (χ1) is 8.83. The molecule has 19 heavy (non-hydrogen) atoms. The average Bonchev–Trinajstić information content (AvgIpc) is 2.29. The van der Waals surface area contributed by atoms with Crippen LogP contribution in [0, 0.1) is 0 Å². The van der Waals surface area contributed by atoms with Crippen molar-refractivity contribution < 1.29 is 29.0 Å². The normalized spacial score (nSPS) is 10.0. The van der Waals surface area contributed by atoms with Crippen molar-refractivity contribution in [1.82, 2.24) is 0 Å². The molecule has 0 saturated carbocycles. The van der Waals surface area contributed by atoms with E-state index in [2.05, 4.69) is 25.3 Å². The minimum absolute atomic E-state index is 1.11.